The number of carbonyl (C=O) groups is 1. The summed E-state index contributed by atoms with van der Waals surface area (Å²) in [4.78, 5) is 12.4. The molecule has 2 aromatic carbocycles. The van der Waals surface area contributed by atoms with E-state index in [0.29, 0.717) is 27.6 Å². The van der Waals surface area contributed by atoms with Crippen LogP contribution in [-0.2, 0) is 11.3 Å². The third-order valence-electron chi connectivity index (χ3n) is 4.04. The van der Waals surface area contributed by atoms with Gasteiger partial charge in [-0.1, -0.05) is 41.0 Å². The molecule has 3 aromatic rings. The van der Waals surface area contributed by atoms with Crippen molar-refractivity contribution in [1.29, 1.82) is 0 Å². The van der Waals surface area contributed by atoms with Crippen LogP contribution in [0.4, 0.5) is 5.69 Å². The maximum Gasteiger partial charge on any atom is 0.234 e. The van der Waals surface area contributed by atoms with Gasteiger partial charge in [0.05, 0.1) is 10.8 Å². The molecule has 0 bridgehead atoms. The number of anilines is 1. The molecular weight excluding hydrogens is 415 g/mol. The Morgan fingerprint density at radius 3 is 2.46 bits per heavy atom. The molecule has 0 unspecified atom stereocenters. The molecule has 0 fully saturated rings. The molecule has 1 amide bonds. The first-order chi connectivity index (χ1) is 13.4. The Morgan fingerprint density at radius 1 is 1.11 bits per heavy atom. The standard InChI is InChI=1S/C20H20Cl2N4OS/c1-4-26-19(16-6-5-14(21)10-17(16)22)24-25-20(26)28-11-18(27)23-15-8-12(2)7-13(3)9-15/h5-10H,4,11H2,1-3H3,(H,23,27). The molecule has 146 valence electrons. The summed E-state index contributed by atoms with van der Waals surface area (Å²) in [5, 5.41) is 13.2. The Morgan fingerprint density at radius 2 is 1.82 bits per heavy atom. The van der Waals surface area contributed by atoms with Crippen LogP contribution in [0.15, 0.2) is 41.6 Å². The highest BCUT2D eigenvalue weighted by Crippen LogP contribution is 2.31. The number of carbonyl (C=O) groups excluding carboxylic acids is 1. The van der Waals surface area contributed by atoms with Gasteiger partial charge in [-0.25, -0.2) is 0 Å². The Kier molecular flexibility index (Phi) is 6.65. The van der Waals surface area contributed by atoms with Crippen LogP contribution >= 0.6 is 35.0 Å². The minimum Gasteiger partial charge on any atom is -0.325 e. The first-order valence-corrected chi connectivity index (χ1v) is 10.5. The van der Waals surface area contributed by atoms with E-state index in [-0.39, 0.29) is 11.7 Å². The van der Waals surface area contributed by atoms with E-state index in [9.17, 15) is 4.79 Å². The lowest BCUT2D eigenvalue weighted by Gasteiger charge is -2.09. The summed E-state index contributed by atoms with van der Waals surface area (Å²) in [5.41, 5.74) is 3.77. The number of thioether (sulfide) groups is 1. The van der Waals surface area contributed by atoms with E-state index in [2.05, 4.69) is 21.6 Å². The van der Waals surface area contributed by atoms with Gasteiger partial charge in [-0.2, -0.15) is 0 Å². The third-order valence-corrected chi connectivity index (χ3v) is 5.56. The molecule has 0 spiro atoms. The third kappa shape index (κ3) is 4.87. The molecule has 0 saturated carbocycles. The van der Waals surface area contributed by atoms with Crippen LogP contribution in [0.2, 0.25) is 10.0 Å². The van der Waals surface area contributed by atoms with Crippen molar-refractivity contribution in [3.8, 4) is 11.4 Å². The van der Waals surface area contributed by atoms with Gasteiger partial charge in [-0.05, 0) is 62.2 Å². The van der Waals surface area contributed by atoms with E-state index in [1.807, 2.05) is 43.5 Å². The highest BCUT2D eigenvalue weighted by molar-refractivity contribution is 7.99. The average Bonchev–Trinajstić information content (AvgIpc) is 3.01. The number of rotatable bonds is 6. The van der Waals surface area contributed by atoms with Crippen molar-refractivity contribution in [2.24, 2.45) is 0 Å². The van der Waals surface area contributed by atoms with Gasteiger partial charge in [0.15, 0.2) is 11.0 Å². The van der Waals surface area contributed by atoms with Crippen molar-refractivity contribution in [1.82, 2.24) is 14.8 Å². The lowest BCUT2D eigenvalue weighted by atomic mass is 10.1. The first kappa shape index (κ1) is 20.7. The number of amides is 1. The summed E-state index contributed by atoms with van der Waals surface area (Å²) in [7, 11) is 0. The molecule has 0 aliphatic rings. The molecule has 0 radical (unpaired) electrons. The molecule has 28 heavy (non-hydrogen) atoms. The molecule has 0 aliphatic heterocycles. The van der Waals surface area contributed by atoms with Gasteiger partial charge in [0.25, 0.3) is 0 Å². The molecule has 3 rings (SSSR count). The molecule has 5 nitrogen and oxygen atoms in total. The summed E-state index contributed by atoms with van der Waals surface area (Å²) in [6.45, 7) is 6.66. The Hall–Kier alpha value is -2.02. The van der Waals surface area contributed by atoms with Gasteiger partial charge in [0.2, 0.25) is 5.91 Å². The van der Waals surface area contributed by atoms with E-state index in [1.54, 1.807) is 12.1 Å². The fourth-order valence-electron chi connectivity index (χ4n) is 2.92. The van der Waals surface area contributed by atoms with Gasteiger partial charge in [-0.3, -0.25) is 4.79 Å². The predicted octanol–water partition coefficient (Wildman–Crippen LogP) is 5.62. The molecule has 8 heteroatoms. The van der Waals surface area contributed by atoms with Gasteiger partial charge < -0.3 is 9.88 Å². The predicted molar refractivity (Wildman–Crippen MR) is 116 cm³/mol. The summed E-state index contributed by atoms with van der Waals surface area (Å²) in [5.74, 6) is 0.799. The van der Waals surface area contributed by atoms with E-state index in [0.717, 1.165) is 22.4 Å². The van der Waals surface area contributed by atoms with E-state index in [4.69, 9.17) is 23.2 Å². The molecule has 1 N–H and O–H groups in total. The van der Waals surface area contributed by atoms with Crippen molar-refractivity contribution in [2.45, 2.75) is 32.5 Å². The highest BCUT2D eigenvalue weighted by Gasteiger charge is 2.17. The van der Waals surface area contributed by atoms with Crippen LogP contribution in [0.25, 0.3) is 11.4 Å². The zero-order valence-electron chi connectivity index (χ0n) is 15.8. The van der Waals surface area contributed by atoms with E-state index >= 15 is 0 Å². The fourth-order valence-corrected chi connectivity index (χ4v) is 4.22. The van der Waals surface area contributed by atoms with Crippen LogP contribution in [0.3, 0.4) is 0 Å². The smallest absolute Gasteiger partial charge is 0.234 e. The van der Waals surface area contributed by atoms with Gasteiger partial charge >= 0.3 is 0 Å². The van der Waals surface area contributed by atoms with Crippen molar-refractivity contribution in [2.75, 3.05) is 11.1 Å². The van der Waals surface area contributed by atoms with Crippen LogP contribution in [0.5, 0.6) is 0 Å². The molecule has 0 atom stereocenters. The lowest BCUT2D eigenvalue weighted by molar-refractivity contribution is -0.113. The number of benzene rings is 2. The Balaban J connectivity index is 1.72. The molecule has 0 aliphatic carbocycles. The Labute approximate surface area is 178 Å². The zero-order chi connectivity index (χ0) is 20.3. The van der Waals surface area contributed by atoms with Crippen LogP contribution in [0.1, 0.15) is 18.1 Å². The second-order valence-electron chi connectivity index (χ2n) is 6.39. The SMILES string of the molecule is CCn1c(SCC(=O)Nc2cc(C)cc(C)c2)nnc1-c1ccc(Cl)cc1Cl. The number of hydrogen-bond acceptors (Lipinski definition) is 4. The van der Waals surface area contributed by atoms with Gasteiger partial charge in [-0.15, -0.1) is 10.2 Å². The minimum absolute atomic E-state index is 0.0910. The number of aromatic nitrogens is 3. The van der Waals surface area contributed by atoms with Gasteiger partial charge in [0, 0.05) is 22.8 Å². The van der Waals surface area contributed by atoms with Crippen molar-refractivity contribution in [3.05, 3.63) is 57.6 Å². The van der Waals surface area contributed by atoms with Crippen LogP contribution < -0.4 is 5.32 Å². The van der Waals surface area contributed by atoms with Crippen LogP contribution in [-0.4, -0.2) is 26.4 Å². The topological polar surface area (TPSA) is 59.8 Å². The van der Waals surface area contributed by atoms with E-state index in [1.165, 1.54) is 11.8 Å². The number of hydrogen-bond donors (Lipinski definition) is 1. The lowest BCUT2D eigenvalue weighted by Crippen LogP contribution is -2.15. The summed E-state index contributed by atoms with van der Waals surface area (Å²) in [6.07, 6.45) is 0. The normalized spacial score (nSPS) is 10.9. The number of nitrogens with one attached hydrogen (secondary N) is 1. The monoisotopic (exact) mass is 434 g/mol. The first-order valence-electron chi connectivity index (χ1n) is 8.77. The second-order valence-corrected chi connectivity index (χ2v) is 8.17. The largest absolute Gasteiger partial charge is 0.325 e. The highest BCUT2D eigenvalue weighted by atomic mass is 35.5. The summed E-state index contributed by atoms with van der Waals surface area (Å²) < 4.78 is 1.93. The minimum atomic E-state index is -0.0910. The maximum atomic E-state index is 12.4. The summed E-state index contributed by atoms with van der Waals surface area (Å²) >= 11 is 13.6. The van der Waals surface area contributed by atoms with Crippen molar-refractivity contribution >= 4 is 46.6 Å². The summed E-state index contributed by atoms with van der Waals surface area (Å²) in [6, 6.07) is 11.2. The number of halogens is 2. The van der Waals surface area contributed by atoms with Crippen molar-refractivity contribution < 1.29 is 4.79 Å². The average molecular weight is 435 g/mol. The zero-order valence-corrected chi connectivity index (χ0v) is 18.1. The molecule has 0 saturated heterocycles. The van der Waals surface area contributed by atoms with Crippen LogP contribution in [0, 0.1) is 13.8 Å². The number of nitrogens with zero attached hydrogens (tertiary/aromatic N) is 3. The molecule has 1 aromatic heterocycles. The van der Waals surface area contributed by atoms with E-state index < -0.39 is 0 Å². The molecular formula is C20H20Cl2N4OS. The molecule has 1 heterocycles. The van der Waals surface area contributed by atoms with Crippen molar-refractivity contribution in [3.63, 3.8) is 0 Å². The maximum absolute atomic E-state index is 12.4. The second kappa shape index (κ2) is 8.99. The quantitative estimate of drug-likeness (QED) is 0.511. The van der Waals surface area contributed by atoms with Gasteiger partial charge in [0.1, 0.15) is 0 Å². The number of aryl methyl sites for hydroxylation is 2. The fraction of sp³-hybridized carbons (Fsp3) is 0.250. The Bertz CT molecular complexity index is 999.